The van der Waals surface area contributed by atoms with Crippen molar-refractivity contribution in [3.05, 3.63) is 41.2 Å². The van der Waals surface area contributed by atoms with Crippen LogP contribution in [0.1, 0.15) is 27.7 Å². The van der Waals surface area contributed by atoms with E-state index in [0.29, 0.717) is 5.75 Å². The maximum absolute atomic E-state index is 13.6. The van der Waals surface area contributed by atoms with E-state index < -0.39 is 17.8 Å². The predicted molar refractivity (Wildman–Crippen MR) is 113 cm³/mol. The lowest BCUT2D eigenvalue weighted by Crippen LogP contribution is -2.24. The van der Waals surface area contributed by atoms with E-state index in [4.69, 9.17) is 33.8 Å². The average Bonchev–Trinajstić information content (AvgIpc) is 3.22. The maximum atomic E-state index is 13.6. The molecule has 1 heterocycles. The summed E-state index contributed by atoms with van der Waals surface area (Å²) in [5, 5.41) is 10.7. The van der Waals surface area contributed by atoms with Gasteiger partial charge in [-0.25, -0.2) is 4.79 Å². The predicted octanol–water partition coefficient (Wildman–Crippen LogP) is 2.58. The minimum Gasteiger partial charge on any atom is -0.502 e. The van der Waals surface area contributed by atoms with Gasteiger partial charge in [0, 0.05) is 10.9 Å². The van der Waals surface area contributed by atoms with Crippen LogP contribution in [-0.2, 0) is 9.53 Å². The molecule has 1 atom stereocenters. The molecule has 0 amide bonds. The Morgan fingerprint density at radius 2 is 1.53 bits per heavy atom. The first-order chi connectivity index (χ1) is 15.3. The zero-order valence-electron chi connectivity index (χ0n) is 18.2. The van der Waals surface area contributed by atoms with Crippen molar-refractivity contribution >= 4 is 22.7 Å². The van der Waals surface area contributed by atoms with Crippen molar-refractivity contribution in [1.82, 2.24) is 0 Å². The number of carbonyl (C=O) groups excluding carboxylic acids is 2. The summed E-state index contributed by atoms with van der Waals surface area (Å²) in [5.74, 6) is -0.954. The number of hydrogen-bond acceptors (Lipinski definition) is 10. The van der Waals surface area contributed by atoms with Gasteiger partial charge in [0.1, 0.15) is 5.76 Å². The molecule has 10 heteroatoms. The standard InChI is InChI=1S/C22H23NO9/c1-27-12-7-6-11-15(21(16(23)22(26)31-5)32-19(11)18(12)25)17(24)10-8-13(28-2)20(30-4)14(9-10)29-3/h6-9,16,25H,23H2,1-5H3. The molecule has 3 rings (SSSR count). The van der Waals surface area contributed by atoms with E-state index >= 15 is 0 Å². The van der Waals surface area contributed by atoms with Gasteiger partial charge in [0.15, 0.2) is 34.7 Å². The molecule has 3 aromatic rings. The van der Waals surface area contributed by atoms with E-state index in [-0.39, 0.29) is 50.9 Å². The summed E-state index contributed by atoms with van der Waals surface area (Å²) < 4.78 is 31.4. The van der Waals surface area contributed by atoms with Gasteiger partial charge in [-0.05, 0) is 24.3 Å². The molecule has 1 aromatic heterocycles. The molecule has 2 aromatic carbocycles. The van der Waals surface area contributed by atoms with Gasteiger partial charge in [-0.3, -0.25) is 4.79 Å². The van der Waals surface area contributed by atoms with Crippen molar-refractivity contribution < 1.29 is 42.8 Å². The minimum atomic E-state index is -1.42. The lowest BCUT2D eigenvalue weighted by atomic mass is 9.97. The summed E-state index contributed by atoms with van der Waals surface area (Å²) in [5.41, 5.74) is 6.07. The summed E-state index contributed by atoms with van der Waals surface area (Å²) >= 11 is 0. The third-order valence-electron chi connectivity index (χ3n) is 4.93. The molecule has 10 nitrogen and oxygen atoms in total. The van der Waals surface area contributed by atoms with E-state index in [2.05, 4.69) is 0 Å². The highest BCUT2D eigenvalue weighted by Crippen LogP contribution is 2.43. The SMILES string of the molecule is COC(=O)C(N)c1oc2c(O)c(OC)ccc2c1C(=O)c1cc(OC)c(OC)c(OC)c1. The molecule has 0 aliphatic heterocycles. The number of methoxy groups -OCH3 is 5. The quantitative estimate of drug-likeness (QED) is 0.393. The number of ketones is 1. The largest absolute Gasteiger partial charge is 0.502 e. The molecule has 0 saturated carbocycles. The average molecular weight is 445 g/mol. The van der Waals surface area contributed by atoms with Gasteiger partial charge >= 0.3 is 5.97 Å². The fourth-order valence-corrected chi connectivity index (χ4v) is 3.36. The Morgan fingerprint density at radius 1 is 0.938 bits per heavy atom. The lowest BCUT2D eigenvalue weighted by Gasteiger charge is -2.14. The first kappa shape index (κ1) is 22.8. The number of hydrogen-bond donors (Lipinski definition) is 2. The van der Waals surface area contributed by atoms with E-state index in [0.717, 1.165) is 7.11 Å². The van der Waals surface area contributed by atoms with Crippen LogP contribution in [0.2, 0.25) is 0 Å². The molecule has 0 spiro atoms. The van der Waals surface area contributed by atoms with Crippen LogP contribution in [-0.4, -0.2) is 52.4 Å². The zero-order chi connectivity index (χ0) is 23.6. The number of rotatable bonds is 8. The fourth-order valence-electron chi connectivity index (χ4n) is 3.36. The molecular weight excluding hydrogens is 422 g/mol. The summed E-state index contributed by atoms with van der Waals surface area (Å²) in [6.07, 6.45) is 0. The molecule has 0 fully saturated rings. The van der Waals surface area contributed by atoms with Gasteiger partial charge in [0.05, 0.1) is 41.1 Å². The molecule has 0 aliphatic carbocycles. The molecule has 0 bridgehead atoms. The number of phenolic OH excluding ortho intramolecular Hbond substituents is 1. The number of ether oxygens (including phenoxy) is 5. The highest BCUT2D eigenvalue weighted by Gasteiger charge is 2.32. The molecule has 0 saturated heterocycles. The zero-order valence-corrected chi connectivity index (χ0v) is 18.2. The highest BCUT2D eigenvalue weighted by atomic mass is 16.5. The Morgan fingerprint density at radius 3 is 2.03 bits per heavy atom. The molecule has 1 unspecified atom stereocenters. The molecular formula is C22H23NO9. The van der Waals surface area contributed by atoms with Crippen molar-refractivity contribution in [2.45, 2.75) is 6.04 Å². The Balaban J connectivity index is 2.30. The van der Waals surface area contributed by atoms with Crippen molar-refractivity contribution in [2.24, 2.45) is 5.73 Å². The Bertz CT molecular complexity index is 1160. The fraction of sp³-hybridized carbons (Fsp3) is 0.273. The smallest absolute Gasteiger partial charge is 0.330 e. The molecule has 0 aliphatic rings. The molecule has 32 heavy (non-hydrogen) atoms. The van der Waals surface area contributed by atoms with Crippen molar-refractivity contribution in [3.8, 4) is 28.7 Å². The maximum Gasteiger partial charge on any atom is 0.330 e. The number of aromatic hydroxyl groups is 1. The Kier molecular flexibility index (Phi) is 6.45. The van der Waals surface area contributed by atoms with Crippen molar-refractivity contribution in [3.63, 3.8) is 0 Å². The second kappa shape index (κ2) is 9.06. The van der Waals surface area contributed by atoms with Crippen molar-refractivity contribution in [2.75, 3.05) is 35.5 Å². The van der Waals surface area contributed by atoms with Gasteiger partial charge in [0.25, 0.3) is 0 Å². The Hall–Kier alpha value is -3.92. The second-order valence-electron chi connectivity index (χ2n) is 6.58. The van der Waals surface area contributed by atoms with Crippen LogP contribution in [0.15, 0.2) is 28.7 Å². The molecule has 3 N–H and O–H groups in total. The van der Waals surface area contributed by atoms with Crippen LogP contribution in [0.5, 0.6) is 28.7 Å². The van der Waals surface area contributed by atoms with Crippen LogP contribution in [0, 0.1) is 0 Å². The lowest BCUT2D eigenvalue weighted by molar-refractivity contribution is -0.142. The Labute approximate surface area is 183 Å². The van der Waals surface area contributed by atoms with E-state index in [1.54, 1.807) is 0 Å². The minimum absolute atomic E-state index is 0.0230. The number of phenols is 1. The number of esters is 1. The summed E-state index contributed by atoms with van der Waals surface area (Å²) in [7, 11) is 6.80. The summed E-state index contributed by atoms with van der Waals surface area (Å²) in [6, 6.07) is 4.49. The second-order valence-corrected chi connectivity index (χ2v) is 6.58. The van der Waals surface area contributed by atoms with Gasteiger partial charge < -0.3 is 38.9 Å². The van der Waals surface area contributed by atoms with Crippen LogP contribution >= 0.6 is 0 Å². The van der Waals surface area contributed by atoms with Crippen LogP contribution < -0.4 is 24.7 Å². The van der Waals surface area contributed by atoms with E-state index in [1.807, 2.05) is 0 Å². The van der Waals surface area contributed by atoms with Crippen LogP contribution in [0.4, 0.5) is 0 Å². The number of fused-ring (bicyclic) bond motifs is 1. The summed E-state index contributed by atoms with van der Waals surface area (Å²) in [6.45, 7) is 0. The van der Waals surface area contributed by atoms with Crippen LogP contribution in [0.25, 0.3) is 11.0 Å². The first-order valence-electron chi connectivity index (χ1n) is 9.33. The third-order valence-corrected chi connectivity index (χ3v) is 4.93. The number of carbonyl (C=O) groups is 2. The monoisotopic (exact) mass is 445 g/mol. The summed E-state index contributed by atoms with van der Waals surface area (Å²) in [4.78, 5) is 25.8. The first-order valence-corrected chi connectivity index (χ1v) is 9.33. The number of nitrogens with two attached hydrogens (primary N) is 1. The van der Waals surface area contributed by atoms with Crippen LogP contribution in [0.3, 0.4) is 0 Å². The van der Waals surface area contributed by atoms with Gasteiger partial charge in [-0.15, -0.1) is 0 Å². The third kappa shape index (κ3) is 3.65. The highest BCUT2D eigenvalue weighted by molar-refractivity contribution is 6.18. The molecule has 170 valence electrons. The van der Waals surface area contributed by atoms with Gasteiger partial charge in [0.2, 0.25) is 11.5 Å². The van der Waals surface area contributed by atoms with Gasteiger partial charge in [-0.2, -0.15) is 0 Å². The van der Waals surface area contributed by atoms with E-state index in [9.17, 15) is 14.7 Å². The van der Waals surface area contributed by atoms with Crippen molar-refractivity contribution in [1.29, 1.82) is 0 Å². The number of benzene rings is 2. The van der Waals surface area contributed by atoms with E-state index in [1.165, 1.54) is 52.7 Å². The molecule has 0 radical (unpaired) electrons. The van der Waals surface area contributed by atoms with Gasteiger partial charge in [-0.1, -0.05) is 0 Å². The number of furan rings is 1. The normalized spacial score (nSPS) is 11.7. The topological polar surface area (TPSA) is 140 Å².